The highest BCUT2D eigenvalue weighted by Gasteiger charge is 2.26. The van der Waals surface area contributed by atoms with Gasteiger partial charge in [-0.25, -0.2) is 8.78 Å². The second-order valence-electron chi connectivity index (χ2n) is 6.21. The maximum Gasteiger partial charge on any atom is 0.247 e. The van der Waals surface area contributed by atoms with E-state index < -0.39 is 29.5 Å². The molecular formula is C17H18F2N4O2. The van der Waals surface area contributed by atoms with Crippen molar-refractivity contribution in [2.75, 3.05) is 5.32 Å². The van der Waals surface area contributed by atoms with Crippen LogP contribution in [0.1, 0.15) is 36.9 Å². The lowest BCUT2D eigenvalue weighted by molar-refractivity contribution is -0.125. The van der Waals surface area contributed by atoms with E-state index >= 15 is 0 Å². The van der Waals surface area contributed by atoms with Gasteiger partial charge in [-0.1, -0.05) is 0 Å². The van der Waals surface area contributed by atoms with Gasteiger partial charge in [0.15, 0.2) is 0 Å². The molecule has 1 fully saturated rings. The number of halogens is 2. The molecule has 1 unspecified atom stereocenters. The first-order chi connectivity index (χ1) is 11.9. The first-order valence-corrected chi connectivity index (χ1v) is 8.01. The van der Waals surface area contributed by atoms with Gasteiger partial charge in [-0.15, -0.1) is 0 Å². The fourth-order valence-corrected chi connectivity index (χ4v) is 2.49. The molecule has 0 saturated heterocycles. The van der Waals surface area contributed by atoms with E-state index in [0.717, 1.165) is 36.7 Å². The Morgan fingerprint density at radius 1 is 1.24 bits per heavy atom. The zero-order valence-corrected chi connectivity index (χ0v) is 13.6. The fraction of sp³-hybridized carbons (Fsp3) is 0.353. The smallest absolute Gasteiger partial charge is 0.247 e. The van der Waals surface area contributed by atoms with Crippen molar-refractivity contribution in [3.8, 4) is 0 Å². The average Bonchev–Trinajstić information content (AvgIpc) is 3.26. The molecule has 8 heteroatoms. The number of nitrogens with zero attached hydrogens (tertiary/aromatic N) is 1. The summed E-state index contributed by atoms with van der Waals surface area (Å²) in [4.78, 5) is 24.1. The SMILES string of the molecule is CC(NC(=O)Cc1cc(F)cc(F)c1)C(=O)Nc1cc(C2CC2)n[nH]1. The maximum absolute atomic E-state index is 13.1. The summed E-state index contributed by atoms with van der Waals surface area (Å²) in [6.07, 6.45) is 1.99. The monoisotopic (exact) mass is 348 g/mol. The minimum absolute atomic E-state index is 0.199. The quantitative estimate of drug-likeness (QED) is 0.748. The summed E-state index contributed by atoms with van der Waals surface area (Å²) < 4.78 is 26.3. The molecule has 0 aliphatic heterocycles. The van der Waals surface area contributed by atoms with Crippen molar-refractivity contribution < 1.29 is 18.4 Å². The molecule has 1 atom stereocenters. The lowest BCUT2D eigenvalue weighted by Crippen LogP contribution is -2.42. The fourth-order valence-electron chi connectivity index (χ4n) is 2.49. The van der Waals surface area contributed by atoms with Crippen molar-refractivity contribution in [2.45, 2.75) is 38.1 Å². The third kappa shape index (κ3) is 4.62. The van der Waals surface area contributed by atoms with E-state index in [-0.39, 0.29) is 12.0 Å². The third-order valence-corrected chi connectivity index (χ3v) is 3.91. The number of anilines is 1. The molecule has 1 aliphatic carbocycles. The van der Waals surface area contributed by atoms with Crippen molar-refractivity contribution >= 4 is 17.6 Å². The molecule has 2 amide bonds. The summed E-state index contributed by atoms with van der Waals surface area (Å²) in [6.45, 7) is 1.53. The van der Waals surface area contributed by atoms with Crippen LogP contribution < -0.4 is 10.6 Å². The van der Waals surface area contributed by atoms with Crippen LogP contribution in [0.25, 0.3) is 0 Å². The van der Waals surface area contributed by atoms with Crippen LogP contribution >= 0.6 is 0 Å². The number of hydrogen-bond acceptors (Lipinski definition) is 3. The number of aromatic nitrogens is 2. The first kappa shape index (κ1) is 17.1. The topological polar surface area (TPSA) is 86.9 Å². The van der Waals surface area contributed by atoms with Crippen LogP contribution in [0.3, 0.4) is 0 Å². The molecule has 0 bridgehead atoms. The van der Waals surface area contributed by atoms with Gasteiger partial charge in [0.1, 0.15) is 23.5 Å². The number of H-pyrrole nitrogens is 1. The van der Waals surface area contributed by atoms with Gasteiger partial charge in [0.2, 0.25) is 11.8 Å². The Morgan fingerprint density at radius 2 is 1.92 bits per heavy atom. The molecule has 1 aliphatic rings. The Balaban J connectivity index is 1.52. The van der Waals surface area contributed by atoms with Gasteiger partial charge in [0, 0.05) is 18.1 Å². The Morgan fingerprint density at radius 3 is 2.56 bits per heavy atom. The van der Waals surface area contributed by atoms with E-state index in [0.29, 0.717) is 11.7 Å². The first-order valence-electron chi connectivity index (χ1n) is 8.01. The summed E-state index contributed by atoms with van der Waals surface area (Å²) in [6, 6.07) is 3.87. The van der Waals surface area contributed by atoms with Crippen LogP contribution in [0.4, 0.5) is 14.6 Å². The molecule has 1 saturated carbocycles. The van der Waals surface area contributed by atoms with Crippen molar-refractivity contribution in [2.24, 2.45) is 0 Å². The molecule has 6 nitrogen and oxygen atoms in total. The molecular weight excluding hydrogens is 330 g/mol. The Kier molecular flexibility index (Phi) is 4.78. The number of nitrogens with one attached hydrogen (secondary N) is 3. The van der Waals surface area contributed by atoms with Gasteiger partial charge in [0.05, 0.1) is 12.1 Å². The zero-order valence-electron chi connectivity index (χ0n) is 13.6. The van der Waals surface area contributed by atoms with Crippen molar-refractivity contribution in [1.82, 2.24) is 15.5 Å². The highest BCUT2D eigenvalue weighted by Crippen LogP contribution is 2.39. The van der Waals surface area contributed by atoms with E-state index in [1.807, 2.05) is 0 Å². The predicted octanol–water partition coefficient (Wildman–Crippen LogP) is 2.25. The molecule has 1 aromatic carbocycles. The molecule has 1 aromatic heterocycles. The molecule has 3 N–H and O–H groups in total. The summed E-state index contributed by atoms with van der Waals surface area (Å²) in [5, 5.41) is 12.0. The number of hydrogen-bond donors (Lipinski definition) is 3. The molecule has 3 rings (SSSR count). The number of carbonyl (C=O) groups is 2. The minimum atomic E-state index is -0.807. The number of aromatic amines is 1. The van der Waals surface area contributed by atoms with Crippen LogP contribution in [-0.2, 0) is 16.0 Å². The van der Waals surface area contributed by atoms with Crippen molar-refractivity contribution in [1.29, 1.82) is 0 Å². The van der Waals surface area contributed by atoms with Crippen LogP contribution in [0.15, 0.2) is 24.3 Å². The van der Waals surface area contributed by atoms with Crippen LogP contribution in [-0.4, -0.2) is 28.1 Å². The van der Waals surface area contributed by atoms with E-state index in [1.165, 1.54) is 6.92 Å². The maximum atomic E-state index is 13.1. The predicted molar refractivity (Wildman–Crippen MR) is 86.9 cm³/mol. The van der Waals surface area contributed by atoms with Gasteiger partial charge in [0.25, 0.3) is 0 Å². The lowest BCUT2D eigenvalue weighted by atomic mass is 10.1. The highest BCUT2D eigenvalue weighted by molar-refractivity contribution is 5.96. The molecule has 132 valence electrons. The standard InChI is InChI=1S/C17H18F2N4O2/c1-9(17(25)21-15-8-14(22-23-15)11-2-3-11)20-16(24)6-10-4-12(18)7-13(19)5-10/h4-5,7-9,11H,2-3,6H2,1H3,(H,20,24)(H2,21,22,23,25). The number of amides is 2. The van der Waals surface area contributed by atoms with E-state index in [1.54, 1.807) is 6.07 Å². The average molecular weight is 348 g/mol. The van der Waals surface area contributed by atoms with E-state index in [2.05, 4.69) is 20.8 Å². The van der Waals surface area contributed by atoms with Crippen LogP contribution in [0.5, 0.6) is 0 Å². The van der Waals surface area contributed by atoms with Gasteiger partial charge in [-0.05, 0) is 37.5 Å². The highest BCUT2D eigenvalue weighted by atomic mass is 19.1. The molecule has 1 heterocycles. The van der Waals surface area contributed by atoms with Crippen molar-refractivity contribution in [3.63, 3.8) is 0 Å². The van der Waals surface area contributed by atoms with Gasteiger partial charge in [-0.3, -0.25) is 14.7 Å². The van der Waals surface area contributed by atoms with Crippen LogP contribution in [0, 0.1) is 11.6 Å². The summed E-state index contributed by atoms with van der Waals surface area (Å²) in [5.74, 6) is -1.48. The second-order valence-corrected chi connectivity index (χ2v) is 6.21. The van der Waals surface area contributed by atoms with Gasteiger partial charge >= 0.3 is 0 Å². The summed E-state index contributed by atoms with van der Waals surface area (Å²) in [5.41, 5.74) is 1.12. The molecule has 0 radical (unpaired) electrons. The van der Waals surface area contributed by atoms with Crippen molar-refractivity contribution in [3.05, 3.63) is 47.2 Å². The molecule has 25 heavy (non-hydrogen) atoms. The minimum Gasteiger partial charge on any atom is -0.344 e. The zero-order chi connectivity index (χ0) is 18.0. The van der Waals surface area contributed by atoms with Crippen LogP contribution in [0.2, 0.25) is 0 Å². The number of rotatable bonds is 6. The van der Waals surface area contributed by atoms with Gasteiger partial charge in [-0.2, -0.15) is 5.10 Å². The Hall–Kier alpha value is -2.77. The molecule has 0 spiro atoms. The lowest BCUT2D eigenvalue weighted by Gasteiger charge is -2.13. The number of benzene rings is 1. The second kappa shape index (κ2) is 7.00. The third-order valence-electron chi connectivity index (χ3n) is 3.91. The largest absolute Gasteiger partial charge is 0.344 e. The molecule has 2 aromatic rings. The normalized spacial score (nSPS) is 14.8. The number of carbonyl (C=O) groups excluding carboxylic acids is 2. The summed E-state index contributed by atoms with van der Waals surface area (Å²) in [7, 11) is 0. The Labute approximate surface area is 143 Å². The van der Waals surface area contributed by atoms with Gasteiger partial charge < -0.3 is 10.6 Å². The van der Waals surface area contributed by atoms with E-state index in [9.17, 15) is 18.4 Å². The van der Waals surface area contributed by atoms with E-state index in [4.69, 9.17) is 0 Å². The Bertz CT molecular complexity index is 781. The summed E-state index contributed by atoms with van der Waals surface area (Å²) >= 11 is 0.